The molecule has 0 saturated carbocycles. The van der Waals surface area contributed by atoms with Crippen molar-refractivity contribution in [2.24, 2.45) is 5.73 Å². The molecule has 94 valence electrons. The Hall–Kier alpha value is -1.79. The van der Waals surface area contributed by atoms with Crippen molar-refractivity contribution >= 4 is 22.4 Å². The normalized spacial score (nSPS) is 12.1. The molecule has 3 N–H and O–H groups in total. The summed E-state index contributed by atoms with van der Waals surface area (Å²) >= 11 is 1.16. The number of rotatable bonds is 5. The minimum atomic E-state index is -0.114. The summed E-state index contributed by atoms with van der Waals surface area (Å²) in [5.74, 6) is -0.0626. The Kier molecular flexibility index (Phi) is 4.38. The van der Waals surface area contributed by atoms with Crippen molar-refractivity contribution in [3.8, 4) is 0 Å². The quantitative estimate of drug-likeness (QED) is 0.863. The first kappa shape index (κ1) is 12.7. The number of nitrogens with one attached hydrogen (secondary N) is 1. The highest BCUT2D eigenvalue weighted by Gasteiger charge is 2.09. The molecular weight excluding hydrogens is 248 g/mol. The van der Waals surface area contributed by atoms with Gasteiger partial charge in [-0.1, -0.05) is 34.8 Å². The van der Waals surface area contributed by atoms with E-state index in [0.29, 0.717) is 17.8 Å². The largest absolute Gasteiger partial charge is 0.324 e. The number of anilines is 1. The summed E-state index contributed by atoms with van der Waals surface area (Å²) in [4.78, 5) is 11.6. The molecule has 5 nitrogen and oxygen atoms in total. The lowest BCUT2D eigenvalue weighted by molar-refractivity contribution is -0.116. The summed E-state index contributed by atoms with van der Waals surface area (Å²) in [6.45, 7) is 0. The van der Waals surface area contributed by atoms with Gasteiger partial charge in [-0.15, -0.1) is 5.10 Å². The Bertz CT molecular complexity index is 486. The van der Waals surface area contributed by atoms with Crippen LogP contribution in [0, 0.1) is 0 Å². The maximum atomic E-state index is 11.6. The number of amides is 1. The predicted molar refractivity (Wildman–Crippen MR) is 71.1 cm³/mol. The smallest absolute Gasteiger partial charge is 0.225 e. The third-order valence-electron chi connectivity index (χ3n) is 2.53. The standard InChI is InChI=1S/C12H14N4OS/c13-10(9-4-2-1-3-5-9)6-7-11(17)15-12-8-14-16-18-12/h1-5,8,10H,6-7,13H2,(H,15,17). The summed E-state index contributed by atoms with van der Waals surface area (Å²) in [7, 11) is 0. The predicted octanol–water partition coefficient (Wildman–Crippen LogP) is 1.96. The van der Waals surface area contributed by atoms with Crippen LogP contribution in [0.4, 0.5) is 5.00 Å². The molecule has 6 heteroatoms. The number of nitrogens with two attached hydrogens (primary N) is 1. The molecule has 0 aliphatic rings. The molecule has 1 atom stereocenters. The van der Waals surface area contributed by atoms with E-state index in [1.807, 2.05) is 30.3 Å². The van der Waals surface area contributed by atoms with Gasteiger partial charge in [-0.2, -0.15) is 0 Å². The van der Waals surface area contributed by atoms with Crippen LogP contribution in [0.5, 0.6) is 0 Å². The maximum Gasteiger partial charge on any atom is 0.225 e. The van der Waals surface area contributed by atoms with Gasteiger partial charge in [0, 0.05) is 24.0 Å². The Morgan fingerprint density at radius 3 is 2.83 bits per heavy atom. The molecule has 0 bridgehead atoms. The fraction of sp³-hybridized carbons (Fsp3) is 0.250. The van der Waals surface area contributed by atoms with Crippen LogP contribution in [-0.2, 0) is 4.79 Å². The van der Waals surface area contributed by atoms with Gasteiger partial charge >= 0.3 is 0 Å². The van der Waals surface area contributed by atoms with Crippen LogP contribution in [0.15, 0.2) is 36.5 Å². The highest BCUT2D eigenvalue weighted by atomic mass is 32.1. The second kappa shape index (κ2) is 6.23. The average Bonchev–Trinajstić information content (AvgIpc) is 2.90. The number of hydrogen-bond acceptors (Lipinski definition) is 5. The molecule has 1 aromatic carbocycles. The number of aromatic nitrogens is 2. The SMILES string of the molecule is NC(CCC(=O)Nc1cnns1)c1ccccc1. The monoisotopic (exact) mass is 262 g/mol. The van der Waals surface area contributed by atoms with Crippen molar-refractivity contribution in [3.05, 3.63) is 42.1 Å². The first-order valence-electron chi connectivity index (χ1n) is 5.63. The molecule has 2 rings (SSSR count). The number of carbonyl (C=O) groups is 1. The topological polar surface area (TPSA) is 80.9 Å². The van der Waals surface area contributed by atoms with Gasteiger partial charge in [0.25, 0.3) is 0 Å². The number of benzene rings is 1. The van der Waals surface area contributed by atoms with E-state index >= 15 is 0 Å². The van der Waals surface area contributed by atoms with Crippen molar-refractivity contribution in [2.45, 2.75) is 18.9 Å². The van der Waals surface area contributed by atoms with E-state index in [1.165, 1.54) is 6.20 Å². The maximum absolute atomic E-state index is 11.6. The van der Waals surface area contributed by atoms with Crippen molar-refractivity contribution in [3.63, 3.8) is 0 Å². The minimum absolute atomic E-state index is 0.0626. The molecule has 18 heavy (non-hydrogen) atoms. The van der Waals surface area contributed by atoms with Crippen molar-refractivity contribution < 1.29 is 4.79 Å². The molecule has 0 aliphatic heterocycles. The van der Waals surface area contributed by atoms with E-state index in [9.17, 15) is 4.79 Å². The van der Waals surface area contributed by atoms with Crippen molar-refractivity contribution in [1.29, 1.82) is 0 Å². The highest BCUT2D eigenvalue weighted by molar-refractivity contribution is 7.10. The molecule has 1 unspecified atom stereocenters. The summed E-state index contributed by atoms with van der Waals surface area (Å²) in [6.07, 6.45) is 2.52. The first-order chi connectivity index (χ1) is 8.75. The summed E-state index contributed by atoms with van der Waals surface area (Å²) in [5, 5.41) is 7.04. The van der Waals surface area contributed by atoms with Crippen LogP contribution in [-0.4, -0.2) is 15.5 Å². The van der Waals surface area contributed by atoms with E-state index < -0.39 is 0 Å². The lowest BCUT2D eigenvalue weighted by Gasteiger charge is -2.11. The van der Waals surface area contributed by atoms with E-state index in [0.717, 1.165) is 17.1 Å². The molecule has 0 aliphatic carbocycles. The molecule has 1 heterocycles. The number of hydrogen-bond donors (Lipinski definition) is 2. The van der Waals surface area contributed by atoms with E-state index in [4.69, 9.17) is 5.73 Å². The third kappa shape index (κ3) is 3.61. The molecule has 0 fully saturated rings. The summed E-state index contributed by atoms with van der Waals surface area (Å²) in [5.41, 5.74) is 7.06. The van der Waals surface area contributed by atoms with E-state index in [-0.39, 0.29) is 11.9 Å². The van der Waals surface area contributed by atoms with E-state index in [2.05, 4.69) is 14.9 Å². The Morgan fingerprint density at radius 2 is 2.17 bits per heavy atom. The zero-order valence-electron chi connectivity index (χ0n) is 9.74. The van der Waals surface area contributed by atoms with Crippen LogP contribution >= 0.6 is 11.5 Å². The first-order valence-corrected chi connectivity index (χ1v) is 6.41. The zero-order valence-corrected chi connectivity index (χ0v) is 10.6. The van der Waals surface area contributed by atoms with Crippen LogP contribution in [0.1, 0.15) is 24.4 Å². The van der Waals surface area contributed by atoms with Gasteiger partial charge in [0.1, 0.15) is 5.00 Å². The fourth-order valence-corrected chi connectivity index (χ4v) is 2.01. The van der Waals surface area contributed by atoms with Crippen molar-refractivity contribution in [2.75, 3.05) is 5.32 Å². The fourth-order valence-electron chi connectivity index (χ4n) is 1.58. The van der Waals surface area contributed by atoms with Crippen LogP contribution < -0.4 is 11.1 Å². The van der Waals surface area contributed by atoms with Gasteiger partial charge in [0.15, 0.2) is 0 Å². The molecule has 1 aromatic heterocycles. The lowest BCUT2D eigenvalue weighted by Crippen LogP contribution is -2.16. The zero-order chi connectivity index (χ0) is 12.8. The van der Waals surface area contributed by atoms with Gasteiger partial charge in [-0.3, -0.25) is 4.79 Å². The van der Waals surface area contributed by atoms with Crippen LogP contribution in [0.25, 0.3) is 0 Å². The highest BCUT2D eigenvalue weighted by Crippen LogP contribution is 2.16. The van der Waals surface area contributed by atoms with E-state index in [1.54, 1.807) is 0 Å². The molecular formula is C12H14N4OS. The van der Waals surface area contributed by atoms with Crippen LogP contribution in [0.3, 0.4) is 0 Å². The second-order valence-corrected chi connectivity index (χ2v) is 4.67. The van der Waals surface area contributed by atoms with Gasteiger partial charge in [-0.25, -0.2) is 0 Å². The Labute approximate surface area is 109 Å². The van der Waals surface area contributed by atoms with Gasteiger partial charge in [0.2, 0.25) is 5.91 Å². The molecule has 1 amide bonds. The molecule has 0 saturated heterocycles. The molecule has 2 aromatic rings. The lowest BCUT2D eigenvalue weighted by atomic mass is 10.0. The average molecular weight is 262 g/mol. The Morgan fingerprint density at radius 1 is 1.39 bits per heavy atom. The van der Waals surface area contributed by atoms with Gasteiger partial charge in [-0.05, 0) is 12.0 Å². The summed E-state index contributed by atoms with van der Waals surface area (Å²) < 4.78 is 3.67. The number of carbonyl (C=O) groups excluding carboxylic acids is 1. The molecule has 0 radical (unpaired) electrons. The molecule has 0 spiro atoms. The van der Waals surface area contributed by atoms with Gasteiger partial charge < -0.3 is 11.1 Å². The third-order valence-corrected chi connectivity index (χ3v) is 3.11. The number of nitrogens with zero attached hydrogens (tertiary/aromatic N) is 2. The minimum Gasteiger partial charge on any atom is -0.324 e. The Balaban J connectivity index is 1.79. The second-order valence-electron chi connectivity index (χ2n) is 3.89. The van der Waals surface area contributed by atoms with Crippen molar-refractivity contribution in [1.82, 2.24) is 9.59 Å². The summed E-state index contributed by atoms with van der Waals surface area (Å²) in [6, 6.07) is 9.65. The van der Waals surface area contributed by atoms with Gasteiger partial charge in [0.05, 0.1) is 6.20 Å². The van der Waals surface area contributed by atoms with Crippen LogP contribution in [0.2, 0.25) is 0 Å².